The first-order valence-corrected chi connectivity index (χ1v) is 10.6. The second-order valence-electron chi connectivity index (χ2n) is 7.32. The van der Waals surface area contributed by atoms with Crippen LogP contribution in [0, 0.1) is 6.92 Å². The second kappa shape index (κ2) is 8.34. The van der Waals surface area contributed by atoms with Gasteiger partial charge in [0.2, 0.25) is 5.95 Å². The van der Waals surface area contributed by atoms with E-state index in [-0.39, 0.29) is 28.0 Å². The van der Waals surface area contributed by atoms with Crippen LogP contribution in [0.25, 0.3) is 10.2 Å². The van der Waals surface area contributed by atoms with Gasteiger partial charge in [-0.05, 0) is 30.7 Å². The van der Waals surface area contributed by atoms with Crippen molar-refractivity contribution < 1.29 is 22.7 Å². The fraction of sp³-hybridized carbons (Fsp3) is 0.350. The number of piperazine rings is 1. The largest absolute Gasteiger partial charge is 0.497 e. The summed E-state index contributed by atoms with van der Waals surface area (Å²) >= 11 is 0.882. The van der Waals surface area contributed by atoms with Crippen molar-refractivity contribution in [3.05, 3.63) is 34.7 Å². The fourth-order valence-electron chi connectivity index (χ4n) is 3.60. The molecule has 12 heteroatoms. The van der Waals surface area contributed by atoms with Gasteiger partial charge in [0.05, 0.1) is 18.1 Å². The van der Waals surface area contributed by atoms with Gasteiger partial charge in [0, 0.05) is 37.2 Å². The highest BCUT2D eigenvalue weighted by Gasteiger charge is 2.36. The maximum Gasteiger partial charge on any atom is 0.418 e. The van der Waals surface area contributed by atoms with E-state index in [0.29, 0.717) is 37.6 Å². The summed E-state index contributed by atoms with van der Waals surface area (Å²) < 4.78 is 45.6. The van der Waals surface area contributed by atoms with Crippen LogP contribution in [-0.2, 0) is 6.18 Å². The van der Waals surface area contributed by atoms with Gasteiger partial charge in [-0.1, -0.05) is 0 Å². The maximum atomic E-state index is 13.5. The number of aromatic nitrogens is 2. The number of alkyl halides is 3. The van der Waals surface area contributed by atoms with Gasteiger partial charge in [-0.25, -0.2) is 9.78 Å². The lowest BCUT2D eigenvalue weighted by molar-refractivity contribution is -0.136. The molecule has 2 amide bonds. The summed E-state index contributed by atoms with van der Waals surface area (Å²) in [5, 5.41) is 3.85. The molecule has 0 bridgehead atoms. The molecule has 0 atom stereocenters. The maximum absolute atomic E-state index is 13.5. The van der Waals surface area contributed by atoms with E-state index in [9.17, 15) is 18.0 Å². The summed E-state index contributed by atoms with van der Waals surface area (Å²) in [6, 6.07) is 5.05. The number of benzene rings is 1. The first-order valence-electron chi connectivity index (χ1n) is 9.75. The molecule has 1 fully saturated rings. The Morgan fingerprint density at radius 1 is 1.22 bits per heavy atom. The summed E-state index contributed by atoms with van der Waals surface area (Å²) in [6.45, 7) is 3.12. The van der Waals surface area contributed by atoms with Gasteiger partial charge in [-0.3, -0.25) is 0 Å². The molecule has 1 saturated heterocycles. The average molecular weight is 466 g/mol. The Hall–Kier alpha value is -3.28. The number of hydrogen-bond acceptors (Lipinski definition) is 7. The van der Waals surface area contributed by atoms with Crippen molar-refractivity contribution in [2.45, 2.75) is 13.1 Å². The molecule has 170 valence electrons. The molecule has 1 aliphatic rings. The van der Waals surface area contributed by atoms with Gasteiger partial charge in [0.15, 0.2) is 0 Å². The number of carbonyl (C=O) groups is 1. The Kier molecular flexibility index (Phi) is 5.71. The lowest BCUT2D eigenvalue weighted by Crippen LogP contribution is -2.50. The topological polar surface area (TPSA) is 96.6 Å². The normalized spacial score (nSPS) is 14.7. The number of ether oxygens (including phenoxy) is 1. The summed E-state index contributed by atoms with van der Waals surface area (Å²) in [7, 11) is 1.57. The standard InChI is InChI=1S/C20H21F3N6O2S/c1-11-9-12(31-2)3-4-14(11)25-19(30)29-7-5-28(6-8-29)16-15-13(20(21,22)23)10-32-17(15)27-18(24)26-16/h3-4,9-10H,5-8H2,1-2H3,(H,25,30)(H2,24,26,27). The van der Waals surface area contributed by atoms with Crippen LogP contribution in [0.3, 0.4) is 0 Å². The Labute approximate surface area is 185 Å². The quantitative estimate of drug-likeness (QED) is 0.607. The van der Waals surface area contributed by atoms with Gasteiger partial charge in [-0.15, -0.1) is 11.3 Å². The lowest BCUT2D eigenvalue weighted by atomic mass is 10.2. The van der Waals surface area contributed by atoms with Crippen LogP contribution in [0.5, 0.6) is 5.75 Å². The van der Waals surface area contributed by atoms with Crippen molar-refractivity contribution in [2.24, 2.45) is 0 Å². The molecule has 32 heavy (non-hydrogen) atoms. The number of nitrogen functional groups attached to an aromatic ring is 1. The molecule has 0 spiro atoms. The van der Waals surface area contributed by atoms with E-state index in [0.717, 1.165) is 22.3 Å². The molecule has 0 saturated carbocycles. The molecule has 3 heterocycles. The van der Waals surface area contributed by atoms with Crippen LogP contribution in [-0.4, -0.2) is 54.2 Å². The molecule has 3 aromatic rings. The summed E-state index contributed by atoms with van der Waals surface area (Å²) in [6.07, 6.45) is -4.52. The Bertz CT molecular complexity index is 1160. The highest BCUT2D eigenvalue weighted by Crippen LogP contribution is 2.41. The SMILES string of the molecule is COc1ccc(NC(=O)N2CCN(c3nc(N)nc4scc(C(F)(F)F)c34)CC2)c(C)c1. The van der Waals surface area contributed by atoms with Crippen molar-refractivity contribution in [3.8, 4) is 5.75 Å². The predicted molar refractivity (Wildman–Crippen MR) is 117 cm³/mol. The molecule has 1 aromatic carbocycles. The van der Waals surface area contributed by atoms with Crippen LogP contribution in [0.4, 0.5) is 35.4 Å². The summed E-state index contributed by atoms with van der Waals surface area (Å²) in [5.41, 5.74) is 6.48. The van der Waals surface area contributed by atoms with Crippen LogP contribution >= 0.6 is 11.3 Å². The van der Waals surface area contributed by atoms with Crippen LogP contribution in [0.2, 0.25) is 0 Å². The third-order valence-electron chi connectivity index (χ3n) is 5.28. The molecule has 2 aromatic heterocycles. The number of carbonyl (C=O) groups excluding carboxylic acids is 1. The van der Waals surface area contributed by atoms with Crippen molar-refractivity contribution in [2.75, 3.05) is 49.2 Å². The molecular formula is C20H21F3N6O2S. The van der Waals surface area contributed by atoms with Crippen molar-refractivity contribution in [3.63, 3.8) is 0 Å². The average Bonchev–Trinajstić information content (AvgIpc) is 3.19. The van der Waals surface area contributed by atoms with E-state index >= 15 is 0 Å². The minimum Gasteiger partial charge on any atom is -0.497 e. The zero-order chi connectivity index (χ0) is 23.0. The Morgan fingerprint density at radius 3 is 2.56 bits per heavy atom. The van der Waals surface area contributed by atoms with E-state index in [4.69, 9.17) is 10.5 Å². The molecule has 4 rings (SSSR count). The van der Waals surface area contributed by atoms with E-state index in [1.807, 2.05) is 13.0 Å². The molecular weight excluding hydrogens is 445 g/mol. The first kappa shape index (κ1) is 21.9. The van der Waals surface area contributed by atoms with E-state index in [1.165, 1.54) is 0 Å². The number of fused-ring (bicyclic) bond motifs is 1. The molecule has 8 nitrogen and oxygen atoms in total. The number of thiophene rings is 1. The summed E-state index contributed by atoms with van der Waals surface area (Å²) in [5.74, 6) is 0.751. The van der Waals surface area contributed by atoms with Gasteiger partial charge >= 0.3 is 12.2 Å². The minimum atomic E-state index is -4.52. The third kappa shape index (κ3) is 4.22. The number of nitrogens with two attached hydrogens (primary N) is 1. The van der Waals surface area contributed by atoms with Gasteiger partial charge in [0.1, 0.15) is 16.4 Å². The van der Waals surface area contributed by atoms with Crippen molar-refractivity contribution in [1.82, 2.24) is 14.9 Å². The fourth-order valence-corrected chi connectivity index (χ4v) is 4.54. The van der Waals surface area contributed by atoms with Gasteiger partial charge in [0.25, 0.3) is 0 Å². The highest BCUT2D eigenvalue weighted by atomic mass is 32.1. The number of methoxy groups -OCH3 is 1. The predicted octanol–water partition coefficient (Wildman–Crippen LogP) is 3.96. The smallest absolute Gasteiger partial charge is 0.418 e. The van der Waals surface area contributed by atoms with Crippen molar-refractivity contribution >= 4 is 45.0 Å². The number of nitrogens with one attached hydrogen (secondary N) is 1. The molecule has 0 unspecified atom stereocenters. The molecule has 0 radical (unpaired) electrons. The van der Waals surface area contributed by atoms with Crippen molar-refractivity contribution in [1.29, 1.82) is 0 Å². The molecule has 0 aliphatic carbocycles. The van der Waals surface area contributed by atoms with E-state index < -0.39 is 11.7 Å². The molecule has 3 N–H and O–H groups in total. The van der Waals surface area contributed by atoms with Crippen LogP contribution in [0.15, 0.2) is 23.6 Å². The molecule has 1 aliphatic heterocycles. The van der Waals surface area contributed by atoms with Crippen LogP contribution in [0.1, 0.15) is 11.1 Å². The first-order chi connectivity index (χ1) is 15.2. The number of nitrogens with zero attached hydrogens (tertiary/aromatic N) is 4. The Balaban J connectivity index is 1.50. The number of urea groups is 1. The van der Waals surface area contributed by atoms with Gasteiger partial charge in [-0.2, -0.15) is 18.2 Å². The second-order valence-corrected chi connectivity index (χ2v) is 8.18. The summed E-state index contributed by atoms with van der Waals surface area (Å²) in [4.78, 5) is 24.3. The number of anilines is 3. The van der Waals surface area contributed by atoms with E-state index in [1.54, 1.807) is 29.0 Å². The lowest BCUT2D eigenvalue weighted by Gasteiger charge is -2.35. The van der Waals surface area contributed by atoms with Gasteiger partial charge < -0.3 is 25.6 Å². The van der Waals surface area contributed by atoms with E-state index in [2.05, 4.69) is 15.3 Å². The number of rotatable bonds is 3. The Morgan fingerprint density at radius 2 is 1.94 bits per heavy atom. The number of halogens is 3. The number of hydrogen-bond donors (Lipinski definition) is 2. The monoisotopic (exact) mass is 466 g/mol. The number of amides is 2. The minimum absolute atomic E-state index is 0.0524. The zero-order valence-corrected chi connectivity index (χ0v) is 18.2. The van der Waals surface area contributed by atoms with Crippen LogP contribution < -0.4 is 20.7 Å². The zero-order valence-electron chi connectivity index (χ0n) is 17.4. The highest BCUT2D eigenvalue weighted by molar-refractivity contribution is 7.17. The third-order valence-corrected chi connectivity index (χ3v) is 6.15. The number of aryl methyl sites for hydroxylation is 1.